The van der Waals surface area contributed by atoms with E-state index in [9.17, 15) is 0 Å². The van der Waals surface area contributed by atoms with Crippen LogP contribution in [0.25, 0.3) is 5.70 Å². The predicted molar refractivity (Wildman–Crippen MR) is 114 cm³/mol. The topological polar surface area (TPSA) is 87.6 Å². The normalized spacial score (nSPS) is 19.4. The van der Waals surface area contributed by atoms with Gasteiger partial charge in [0.25, 0.3) is 0 Å². The summed E-state index contributed by atoms with van der Waals surface area (Å²) in [6.45, 7) is 4.04. The van der Waals surface area contributed by atoms with Crippen LogP contribution in [0.3, 0.4) is 0 Å². The number of nitrogens with zero attached hydrogens (tertiary/aromatic N) is 7. The SMILES string of the molecule is Cc1nn(C)cc1[C@@H]1Oc2ccccc2C2=C1[C@H](c1cn(C)nc1C)n1ncnc1N2. The lowest BCUT2D eigenvalue weighted by molar-refractivity contribution is 0.222. The third-order valence-electron chi connectivity index (χ3n) is 6.00. The summed E-state index contributed by atoms with van der Waals surface area (Å²) in [5.41, 5.74) is 7.07. The molecule has 0 saturated carbocycles. The van der Waals surface area contributed by atoms with Crippen molar-refractivity contribution in [3.63, 3.8) is 0 Å². The molecule has 0 fully saturated rings. The molecule has 0 unspecified atom stereocenters. The molecule has 3 aromatic heterocycles. The molecule has 9 nitrogen and oxygen atoms in total. The number of benzene rings is 1. The molecule has 2 aliphatic rings. The number of para-hydroxylation sites is 1. The van der Waals surface area contributed by atoms with E-state index in [1.165, 1.54) is 0 Å². The van der Waals surface area contributed by atoms with Gasteiger partial charge in [-0.25, -0.2) is 4.68 Å². The number of anilines is 1. The summed E-state index contributed by atoms with van der Waals surface area (Å²) in [7, 11) is 3.87. The fourth-order valence-electron chi connectivity index (χ4n) is 4.74. The number of ether oxygens (including phenoxy) is 1. The predicted octanol–water partition coefficient (Wildman–Crippen LogP) is 2.92. The first-order valence-corrected chi connectivity index (χ1v) is 10.2. The van der Waals surface area contributed by atoms with Gasteiger partial charge in [0.1, 0.15) is 18.1 Å². The minimum atomic E-state index is -0.326. The van der Waals surface area contributed by atoms with Gasteiger partial charge in [-0.2, -0.15) is 20.3 Å². The molecule has 0 spiro atoms. The van der Waals surface area contributed by atoms with Crippen LogP contribution >= 0.6 is 0 Å². The Morgan fingerprint density at radius 1 is 0.968 bits per heavy atom. The first-order valence-electron chi connectivity index (χ1n) is 10.2. The highest BCUT2D eigenvalue weighted by atomic mass is 16.5. The molecule has 156 valence electrons. The smallest absolute Gasteiger partial charge is 0.226 e. The zero-order chi connectivity index (χ0) is 21.3. The molecule has 0 amide bonds. The lowest BCUT2D eigenvalue weighted by Crippen LogP contribution is -2.32. The van der Waals surface area contributed by atoms with Crippen molar-refractivity contribution in [1.82, 2.24) is 34.3 Å². The van der Waals surface area contributed by atoms with E-state index in [0.717, 1.165) is 45.1 Å². The van der Waals surface area contributed by atoms with Crippen LogP contribution < -0.4 is 10.1 Å². The van der Waals surface area contributed by atoms with E-state index >= 15 is 0 Å². The van der Waals surface area contributed by atoms with Gasteiger partial charge >= 0.3 is 0 Å². The molecule has 0 aliphatic carbocycles. The standard InChI is InChI=1S/C22H22N8O/c1-12-15(9-28(3)26-12)20-18-19(25-22-23-11-24-30(20)22)14-7-5-6-8-17(14)31-21(18)16-10-29(4)27-13(16)2/h5-11,20-21H,1-4H3,(H,23,24,25)/t20-,21-/m0/s1. The molecule has 1 aromatic carbocycles. The number of hydrogen-bond donors (Lipinski definition) is 1. The van der Waals surface area contributed by atoms with E-state index in [-0.39, 0.29) is 12.1 Å². The molecule has 0 saturated heterocycles. The van der Waals surface area contributed by atoms with Gasteiger partial charge in [0.05, 0.1) is 17.1 Å². The van der Waals surface area contributed by atoms with Crippen LogP contribution in [0.5, 0.6) is 5.75 Å². The summed E-state index contributed by atoms with van der Waals surface area (Å²) in [4.78, 5) is 4.47. The molecule has 31 heavy (non-hydrogen) atoms. The van der Waals surface area contributed by atoms with Crippen molar-refractivity contribution < 1.29 is 4.74 Å². The number of aromatic nitrogens is 7. The molecule has 5 heterocycles. The zero-order valence-corrected chi connectivity index (χ0v) is 17.7. The van der Waals surface area contributed by atoms with Crippen molar-refractivity contribution in [1.29, 1.82) is 0 Å². The second-order valence-electron chi connectivity index (χ2n) is 8.07. The second kappa shape index (κ2) is 6.31. The van der Waals surface area contributed by atoms with Gasteiger partial charge in [-0.3, -0.25) is 9.36 Å². The van der Waals surface area contributed by atoms with Gasteiger partial charge in [-0.05, 0) is 26.0 Å². The lowest BCUT2D eigenvalue weighted by Gasteiger charge is -2.38. The van der Waals surface area contributed by atoms with Gasteiger partial charge in [0, 0.05) is 48.8 Å². The molecule has 2 atom stereocenters. The van der Waals surface area contributed by atoms with Crippen molar-refractivity contribution in [3.05, 3.63) is 76.6 Å². The summed E-state index contributed by atoms with van der Waals surface area (Å²) in [6.07, 6.45) is 5.34. The van der Waals surface area contributed by atoms with Gasteiger partial charge in [-0.15, -0.1) is 0 Å². The Hall–Kier alpha value is -3.88. The van der Waals surface area contributed by atoms with Gasteiger partial charge in [0.15, 0.2) is 6.10 Å². The highest BCUT2D eigenvalue weighted by molar-refractivity contribution is 5.85. The number of fused-ring (bicyclic) bond motifs is 3. The largest absolute Gasteiger partial charge is 0.480 e. The molecule has 2 aliphatic heterocycles. The number of rotatable bonds is 2. The molecule has 4 aromatic rings. The van der Waals surface area contributed by atoms with Gasteiger partial charge in [0.2, 0.25) is 5.95 Å². The minimum Gasteiger partial charge on any atom is -0.480 e. The highest BCUT2D eigenvalue weighted by Crippen LogP contribution is 2.51. The van der Waals surface area contributed by atoms with E-state index in [1.807, 2.05) is 66.4 Å². The van der Waals surface area contributed by atoms with E-state index < -0.39 is 0 Å². The average Bonchev–Trinajstić information content (AvgIpc) is 3.43. The summed E-state index contributed by atoms with van der Waals surface area (Å²) < 4.78 is 12.2. The Balaban J connectivity index is 1.66. The average molecular weight is 414 g/mol. The summed E-state index contributed by atoms with van der Waals surface area (Å²) in [5.74, 6) is 1.53. The van der Waals surface area contributed by atoms with Crippen molar-refractivity contribution in [2.75, 3.05) is 5.32 Å². The quantitative estimate of drug-likeness (QED) is 0.543. The second-order valence-corrected chi connectivity index (χ2v) is 8.07. The Labute approximate surface area is 179 Å². The molecular weight excluding hydrogens is 392 g/mol. The number of aryl methyl sites for hydroxylation is 4. The fourth-order valence-corrected chi connectivity index (χ4v) is 4.74. The van der Waals surface area contributed by atoms with Crippen LogP contribution in [0.15, 0.2) is 48.6 Å². The molecule has 0 bridgehead atoms. The first kappa shape index (κ1) is 17.9. The molecule has 1 N–H and O–H groups in total. The van der Waals surface area contributed by atoms with E-state index in [0.29, 0.717) is 5.95 Å². The van der Waals surface area contributed by atoms with Crippen molar-refractivity contribution in [2.24, 2.45) is 14.1 Å². The van der Waals surface area contributed by atoms with Crippen molar-refractivity contribution in [2.45, 2.75) is 26.0 Å². The highest BCUT2D eigenvalue weighted by Gasteiger charge is 2.42. The minimum absolute atomic E-state index is 0.208. The summed E-state index contributed by atoms with van der Waals surface area (Å²) in [6, 6.07) is 7.88. The lowest BCUT2D eigenvalue weighted by atomic mass is 9.85. The fraction of sp³-hybridized carbons (Fsp3) is 0.273. The molecule has 6 rings (SSSR count). The van der Waals surface area contributed by atoms with Crippen molar-refractivity contribution >= 4 is 11.6 Å². The van der Waals surface area contributed by atoms with Crippen molar-refractivity contribution in [3.8, 4) is 5.75 Å². The van der Waals surface area contributed by atoms with Gasteiger partial charge in [-0.1, -0.05) is 12.1 Å². The summed E-state index contributed by atoms with van der Waals surface area (Å²) >= 11 is 0. The maximum atomic E-state index is 6.63. The van der Waals surface area contributed by atoms with E-state index in [1.54, 1.807) is 6.33 Å². The third-order valence-corrected chi connectivity index (χ3v) is 6.00. The van der Waals surface area contributed by atoms with E-state index in [4.69, 9.17) is 4.74 Å². The van der Waals surface area contributed by atoms with Crippen LogP contribution in [0.2, 0.25) is 0 Å². The van der Waals surface area contributed by atoms with Crippen LogP contribution in [0.1, 0.15) is 40.2 Å². The number of nitrogens with one attached hydrogen (secondary N) is 1. The molecular formula is C22H22N8O. The zero-order valence-electron chi connectivity index (χ0n) is 17.7. The Morgan fingerprint density at radius 2 is 1.68 bits per heavy atom. The molecule has 9 heteroatoms. The maximum absolute atomic E-state index is 6.63. The Bertz CT molecular complexity index is 1360. The maximum Gasteiger partial charge on any atom is 0.226 e. The van der Waals surface area contributed by atoms with Crippen LogP contribution in [-0.4, -0.2) is 34.3 Å². The summed E-state index contributed by atoms with van der Waals surface area (Å²) in [5, 5.41) is 17.3. The van der Waals surface area contributed by atoms with Crippen LogP contribution in [0, 0.1) is 13.8 Å². The van der Waals surface area contributed by atoms with Crippen LogP contribution in [-0.2, 0) is 14.1 Å². The van der Waals surface area contributed by atoms with Gasteiger partial charge < -0.3 is 10.1 Å². The Kier molecular flexibility index (Phi) is 3.65. The van der Waals surface area contributed by atoms with Crippen LogP contribution in [0.4, 0.5) is 5.95 Å². The molecule has 0 radical (unpaired) electrons. The first-order chi connectivity index (χ1) is 15.0. The number of hydrogen-bond acceptors (Lipinski definition) is 6. The third kappa shape index (κ3) is 2.56. The van der Waals surface area contributed by atoms with E-state index in [2.05, 4.69) is 37.9 Å². The monoisotopic (exact) mass is 414 g/mol. The Morgan fingerprint density at radius 3 is 2.39 bits per heavy atom.